The molecular formula is C9H11ClFNO. The molecule has 0 bridgehead atoms. The van der Waals surface area contributed by atoms with Gasteiger partial charge in [-0.2, -0.15) is 0 Å². The minimum absolute atomic E-state index is 0.0206. The summed E-state index contributed by atoms with van der Waals surface area (Å²) in [4.78, 5) is 0. The molecule has 0 aromatic heterocycles. The summed E-state index contributed by atoms with van der Waals surface area (Å²) in [5, 5.41) is 11.8. The maximum Gasteiger partial charge on any atom is 0.127 e. The zero-order valence-corrected chi connectivity index (χ0v) is 8.03. The van der Waals surface area contributed by atoms with E-state index in [0.717, 1.165) is 0 Å². The fraction of sp³-hybridized carbons (Fsp3) is 0.333. The van der Waals surface area contributed by atoms with Crippen LogP contribution in [0.25, 0.3) is 0 Å². The van der Waals surface area contributed by atoms with Crippen LogP contribution in [0.4, 0.5) is 10.1 Å². The van der Waals surface area contributed by atoms with Crippen molar-refractivity contribution in [3.05, 3.63) is 28.5 Å². The Balaban J connectivity index is 2.88. The van der Waals surface area contributed by atoms with E-state index in [-0.39, 0.29) is 12.4 Å². The largest absolute Gasteiger partial charge is 0.395 e. The maximum atomic E-state index is 12.9. The molecule has 4 heteroatoms. The Morgan fingerprint density at radius 2 is 2.23 bits per heavy atom. The number of benzene rings is 1. The number of anilines is 1. The van der Waals surface area contributed by atoms with Gasteiger partial charge < -0.3 is 10.4 Å². The third kappa shape index (κ3) is 2.57. The van der Waals surface area contributed by atoms with Crippen LogP contribution in [0.2, 0.25) is 5.02 Å². The topological polar surface area (TPSA) is 32.3 Å². The van der Waals surface area contributed by atoms with Crippen LogP contribution in [0.3, 0.4) is 0 Å². The number of nitrogens with one attached hydrogen (secondary N) is 1. The lowest BCUT2D eigenvalue weighted by Crippen LogP contribution is -2.06. The first kappa shape index (κ1) is 10.3. The van der Waals surface area contributed by atoms with Crippen LogP contribution >= 0.6 is 11.6 Å². The lowest BCUT2D eigenvalue weighted by atomic mass is 10.2. The van der Waals surface area contributed by atoms with Crippen molar-refractivity contribution in [2.75, 3.05) is 18.5 Å². The second kappa shape index (κ2) is 4.44. The SMILES string of the molecule is Cc1cc(NCCO)c(Cl)cc1F. The van der Waals surface area contributed by atoms with Crippen molar-refractivity contribution in [1.82, 2.24) is 0 Å². The standard InChI is InChI=1S/C9H11ClFNO/c1-6-4-9(12-2-3-13)7(10)5-8(6)11/h4-5,12-13H,2-3H2,1H3. The minimum atomic E-state index is -0.320. The van der Waals surface area contributed by atoms with Crippen LogP contribution < -0.4 is 5.32 Å². The van der Waals surface area contributed by atoms with Crippen molar-refractivity contribution in [3.63, 3.8) is 0 Å². The Morgan fingerprint density at radius 1 is 1.54 bits per heavy atom. The number of hydrogen-bond acceptors (Lipinski definition) is 2. The van der Waals surface area contributed by atoms with E-state index >= 15 is 0 Å². The van der Waals surface area contributed by atoms with Gasteiger partial charge in [-0.25, -0.2) is 4.39 Å². The maximum absolute atomic E-state index is 12.9. The van der Waals surface area contributed by atoms with Gasteiger partial charge in [0.2, 0.25) is 0 Å². The molecule has 0 radical (unpaired) electrons. The van der Waals surface area contributed by atoms with Crippen LogP contribution in [-0.4, -0.2) is 18.3 Å². The highest BCUT2D eigenvalue weighted by atomic mass is 35.5. The lowest BCUT2D eigenvalue weighted by molar-refractivity contribution is 0.311. The Hall–Kier alpha value is -0.800. The summed E-state index contributed by atoms with van der Waals surface area (Å²) in [6, 6.07) is 2.88. The summed E-state index contributed by atoms with van der Waals surface area (Å²) in [6.07, 6.45) is 0. The zero-order chi connectivity index (χ0) is 9.84. The van der Waals surface area contributed by atoms with Crippen LogP contribution in [0.1, 0.15) is 5.56 Å². The summed E-state index contributed by atoms with van der Waals surface area (Å²) in [5.74, 6) is -0.320. The molecule has 0 unspecified atom stereocenters. The molecule has 1 rings (SSSR count). The van der Waals surface area contributed by atoms with E-state index < -0.39 is 0 Å². The second-order valence-electron chi connectivity index (χ2n) is 2.73. The summed E-state index contributed by atoms with van der Waals surface area (Å²) < 4.78 is 12.9. The molecule has 0 fully saturated rings. The van der Waals surface area contributed by atoms with Gasteiger partial charge in [0, 0.05) is 6.54 Å². The van der Waals surface area contributed by atoms with Gasteiger partial charge in [-0.05, 0) is 24.6 Å². The Labute approximate surface area is 81.3 Å². The van der Waals surface area contributed by atoms with Gasteiger partial charge >= 0.3 is 0 Å². The first-order valence-corrected chi connectivity index (χ1v) is 4.33. The van der Waals surface area contributed by atoms with E-state index in [9.17, 15) is 4.39 Å². The number of aryl methyl sites for hydroxylation is 1. The van der Waals surface area contributed by atoms with Crippen molar-refractivity contribution in [2.45, 2.75) is 6.92 Å². The van der Waals surface area contributed by atoms with E-state index in [0.29, 0.717) is 22.8 Å². The third-order valence-corrected chi connectivity index (χ3v) is 1.99. The predicted octanol–water partition coefficient (Wildman–Crippen LogP) is 2.19. The molecule has 0 aliphatic carbocycles. The lowest BCUT2D eigenvalue weighted by Gasteiger charge is -2.08. The summed E-state index contributed by atoms with van der Waals surface area (Å²) in [5.41, 5.74) is 1.18. The molecule has 0 saturated carbocycles. The molecule has 0 atom stereocenters. The van der Waals surface area contributed by atoms with E-state index in [1.165, 1.54) is 6.07 Å². The molecule has 1 aromatic rings. The van der Waals surface area contributed by atoms with Crippen molar-refractivity contribution in [1.29, 1.82) is 0 Å². The predicted molar refractivity (Wildman–Crippen MR) is 51.7 cm³/mol. The average molecular weight is 204 g/mol. The Bertz CT molecular complexity index is 304. The highest BCUT2D eigenvalue weighted by Gasteiger charge is 2.04. The van der Waals surface area contributed by atoms with Crippen molar-refractivity contribution < 1.29 is 9.50 Å². The number of rotatable bonds is 3. The van der Waals surface area contributed by atoms with Gasteiger partial charge in [-0.15, -0.1) is 0 Å². The van der Waals surface area contributed by atoms with Gasteiger partial charge in [0.25, 0.3) is 0 Å². The number of halogens is 2. The molecule has 72 valence electrons. The molecule has 0 spiro atoms. The van der Waals surface area contributed by atoms with Crippen LogP contribution in [-0.2, 0) is 0 Å². The van der Waals surface area contributed by atoms with Gasteiger partial charge in [0.1, 0.15) is 5.82 Å². The molecule has 1 aromatic carbocycles. The Morgan fingerprint density at radius 3 is 2.85 bits per heavy atom. The van der Waals surface area contributed by atoms with Crippen LogP contribution in [0, 0.1) is 12.7 Å². The first-order valence-electron chi connectivity index (χ1n) is 3.95. The molecule has 0 aliphatic rings. The Kier molecular flexibility index (Phi) is 3.51. The third-order valence-electron chi connectivity index (χ3n) is 1.68. The van der Waals surface area contributed by atoms with Gasteiger partial charge in [0.05, 0.1) is 17.3 Å². The molecule has 0 heterocycles. The van der Waals surface area contributed by atoms with E-state index in [4.69, 9.17) is 16.7 Å². The molecule has 2 N–H and O–H groups in total. The number of hydrogen-bond donors (Lipinski definition) is 2. The molecule has 0 saturated heterocycles. The summed E-state index contributed by atoms with van der Waals surface area (Å²) in [6.45, 7) is 2.09. The molecule has 13 heavy (non-hydrogen) atoms. The van der Waals surface area contributed by atoms with Gasteiger partial charge in [-0.1, -0.05) is 11.6 Å². The molecule has 0 aliphatic heterocycles. The first-order chi connectivity index (χ1) is 6.15. The van der Waals surface area contributed by atoms with Gasteiger partial charge in [0.15, 0.2) is 0 Å². The fourth-order valence-corrected chi connectivity index (χ4v) is 1.20. The van der Waals surface area contributed by atoms with Crippen molar-refractivity contribution in [2.24, 2.45) is 0 Å². The highest BCUT2D eigenvalue weighted by molar-refractivity contribution is 6.33. The minimum Gasteiger partial charge on any atom is -0.395 e. The molecule has 2 nitrogen and oxygen atoms in total. The highest BCUT2D eigenvalue weighted by Crippen LogP contribution is 2.24. The van der Waals surface area contributed by atoms with E-state index in [2.05, 4.69) is 5.32 Å². The monoisotopic (exact) mass is 203 g/mol. The van der Waals surface area contributed by atoms with Crippen molar-refractivity contribution >= 4 is 17.3 Å². The smallest absolute Gasteiger partial charge is 0.127 e. The molecule has 0 amide bonds. The summed E-state index contributed by atoms with van der Waals surface area (Å²) >= 11 is 5.75. The van der Waals surface area contributed by atoms with E-state index in [1.54, 1.807) is 13.0 Å². The van der Waals surface area contributed by atoms with Crippen LogP contribution in [0.15, 0.2) is 12.1 Å². The van der Waals surface area contributed by atoms with E-state index in [1.807, 2.05) is 0 Å². The second-order valence-corrected chi connectivity index (χ2v) is 3.14. The fourth-order valence-electron chi connectivity index (χ4n) is 0.983. The van der Waals surface area contributed by atoms with Gasteiger partial charge in [-0.3, -0.25) is 0 Å². The average Bonchev–Trinajstić information content (AvgIpc) is 2.09. The van der Waals surface area contributed by atoms with Crippen molar-refractivity contribution in [3.8, 4) is 0 Å². The number of aliphatic hydroxyl groups excluding tert-OH is 1. The van der Waals surface area contributed by atoms with Crippen LogP contribution in [0.5, 0.6) is 0 Å². The normalized spacial score (nSPS) is 10.2. The summed E-state index contributed by atoms with van der Waals surface area (Å²) in [7, 11) is 0. The zero-order valence-electron chi connectivity index (χ0n) is 7.27. The number of aliphatic hydroxyl groups is 1. The quantitative estimate of drug-likeness (QED) is 0.790. The molecular weight excluding hydrogens is 193 g/mol.